The molecule has 0 aliphatic heterocycles. The second-order valence-corrected chi connectivity index (χ2v) is 4.50. The summed E-state index contributed by atoms with van der Waals surface area (Å²) in [6, 6.07) is -0.202. The van der Waals surface area contributed by atoms with Crippen LogP contribution >= 0.6 is 0 Å². The van der Waals surface area contributed by atoms with E-state index in [4.69, 9.17) is 4.74 Å². The van der Waals surface area contributed by atoms with Gasteiger partial charge in [0.2, 0.25) is 0 Å². The summed E-state index contributed by atoms with van der Waals surface area (Å²) in [5.41, 5.74) is 0. The Balaban J connectivity index is 4.40. The number of rotatable bonds is 10. The lowest BCUT2D eigenvalue weighted by Gasteiger charge is -2.28. The van der Waals surface area contributed by atoms with Gasteiger partial charge < -0.3 is 10.1 Å². The van der Waals surface area contributed by atoms with Crippen LogP contribution in [0.15, 0.2) is 0 Å². The van der Waals surface area contributed by atoms with E-state index in [0.717, 1.165) is 25.8 Å². The minimum absolute atomic E-state index is 0.0914. The molecule has 2 atom stereocenters. The summed E-state index contributed by atoms with van der Waals surface area (Å²) in [7, 11) is 0. The van der Waals surface area contributed by atoms with Crippen molar-refractivity contribution in [1.82, 2.24) is 5.32 Å². The van der Waals surface area contributed by atoms with Gasteiger partial charge in [0.05, 0.1) is 6.10 Å². The Labute approximate surface area is 108 Å². The van der Waals surface area contributed by atoms with Crippen molar-refractivity contribution in [1.29, 1.82) is 0 Å². The third kappa shape index (κ3) is 8.75. The van der Waals surface area contributed by atoms with Crippen molar-refractivity contribution in [2.45, 2.75) is 71.2 Å². The fourth-order valence-corrected chi connectivity index (χ4v) is 1.97. The highest BCUT2D eigenvalue weighted by atomic mass is 19.4. The number of hydrogen-bond donors (Lipinski definition) is 1. The molecule has 1 N–H and O–H groups in total. The predicted molar refractivity (Wildman–Crippen MR) is 67.7 cm³/mol. The Morgan fingerprint density at radius 1 is 1.06 bits per heavy atom. The van der Waals surface area contributed by atoms with Gasteiger partial charge in [-0.1, -0.05) is 20.3 Å². The molecule has 110 valence electrons. The van der Waals surface area contributed by atoms with Crippen LogP contribution in [0, 0.1) is 0 Å². The average Bonchev–Trinajstić information content (AvgIpc) is 2.28. The van der Waals surface area contributed by atoms with Crippen LogP contribution in [0.3, 0.4) is 0 Å². The molecule has 0 saturated heterocycles. The lowest BCUT2D eigenvalue weighted by Crippen LogP contribution is -2.42. The normalized spacial score (nSPS) is 15.7. The SMILES string of the molecule is CCCNC(CCC(F)(F)F)C(CCC)OCC. The third-order valence-electron chi connectivity index (χ3n) is 2.80. The van der Waals surface area contributed by atoms with Crippen LogP contribution in [-0.4, -0.2) is 31.5 Å². The van der Waals surface area contributed by atoms with E-state index in [0.29, 0.717) is 6.61 Å². The first-order valence-electron chi connectivity index (χ1n) is 6.86. The van der Waals surface area contributed by atoms with Gasteiger partial charge in [-0.15, -0.1) is 0 Å². The minimum atomic E-state index is -4.09. The largest absolute Gasteiger partial charge is 0.389 e. The van der Waals surface area contributed by atoms with E-state index < -0.39 is 12.6 Å². The van der Waals surface area contributed by atoms with Gasteiger partial charge >= 0.3 is 6.18 Å². The Kier molecular flexibility index (Phi) is 9.46. The van der Waals surface area contributed by atoms with Crippen molar-refractivity contribution in [2.24, 2.45) is 0 Å². The summed E-state index contributed by atoms with van der Waals surface area (Å²) >= 11 is 0. The van der Waals surface area contributed by atoms with Crippen molar-refractivity contribution >= 4 is 0 Å². The molecule has 0 spiro atoms. The standard InChI is InChI=1S/C13H26F3NO/c1-4-7-12(18-6-3)11(17-10-5-2)8-9-13(14,15)16/h11-12,17H,4-10H2,1-3H3. The van der Waals surface area contributed by atoms with Gasteiger partial charge in [0.15, 0.2) is 0 Å². The molecule has 0 aliphatic carbocycles. The molecule has 0 aliphatic rings. The number of hydrogen-bond acceptors (Lipinski definition) is 2. The average molecular weight is 269 g/mol. The molecule has 0 heterocycles. The second kappa shape index (κ2) is 9.62. The smallest absolute Gasteiger partial charge is 0.377 e. The molecule has 0 aromatic rings. The summed E-state index contributed by atoms with van der Waals surface area (Å²) in [5, 5.41) is 3.19. The molecule has 0 amide bonds. The molecule has 0 aromatic heterocycles. The first-order chi connectivity index (χ1) is 8.44. The summed E-state index contributed by atoms with van der Waals surface area (Å²) < 4.78 is 42.5. The van der Waals surface area contributed by atoms with Crippen molar-refractivity contribution in [3.05, 3.63) is 0 Å². The number of ether oxygens (including phenoxy) is 1. The predicted octanol–water partition coefficient (Wildman–Crippen LogP) is 3.90. The van der Waals surface area contributed by atoms with Crippen LogP contribution in [0.5, 0.6) is 0 Å². The maximum absolute atomic E-state index is 12.3. The maximum Gasteiger partial charge on any atom is 0.389 e. The Morgan fingerprint density at radius 3 is 2.17 bits per heavy atom. The molecule has 0 saturated carbocycles. The van der Waals surface area contributed by atoms with E-state index in [1.165, 1.54) is 0 Å². The summed E-state index contributed by atoms with van der Waals surface area (Å²) in [4.78, 5) is 0. The van der Waals surface area contributed by atoms with Gasteiger partial charge in [-0.05, 0) is 32.7 Å². The Morgan fingerprint density at radius 2 is 1.72 bits per heavy atom. The van der Waals surface area contributed by atoms with Crippen LogP contribution in [0.4, 0.5) is 13.2 Å². The van der Waals surface area contributed by atoms with Crippen molar-refractivity contribution in [3.8, 4) is 0 Å². The fourth-order valence-electron chi connectivity index (χ4n) is 1.97. The van der Waals surface area contributed by atoms with Crippen molar-refractivity contribution in [2.75, 3.05) is 13.2 Å². The molecule has 0 rings (SSSR count). The molecule has 2 nitrogen and oxygen atoms in total. The number of nitrogens with one attached hydrogen (secondary N) is 1. The number of alkyl halides is 3. The topological polar surface area (TPSA) is 21.3 Å². The van der Waals surface area contributed by atoms with Crippen LogP contribution in [-0.2, 0) is 4.74 Å². The van der Waals surface area contributed by atoms with Gasteiger partial charge in [-0.2, -0.15) is 13.2 Å². The minimum Gasteiger partial charge on any atom is -0.377 e. The van der Waals surface area contributed by atoms with Gasteiger partial charge in [-0.3, -0.25) is 0 Å². The van der Waals surface area contributed by atoms with Gasteiger partial charge in [0.1, 0.15) is 0 Å². The van der Waals surface area contributed by atoms with E-state index in [2.05, 4.69) is 5.32 Å². The van der Waals surface area contributed by atoms with Crippen LogP contribution < -0.4 is 5.32 Å². The van der Waals surface area contributed by atoms with Gasteiger partial charge in [0.25, 0.3) is 0 Å². The highest BCUT2D eigenvalue weighted by molar-refractivity contribution is 4.78. The zero-order chi connectivity index (χ0) is 14.0. The molecule has 0 fully saturated rings. The summed E-state index contributed by atoms with van der Waals surface area (Å²) in [6.07, 6.45) is -2.24. The second-order valence-electron chi connectivity index (χ2n) is 4.50. The molecular formula is C13H26F3NO. The van der Waals surface area contributed by atoms with Crippen LogP contribution in [0.2, 0.25) is 0 Å². The zero-order valence-corrected chi connectivity index (χ0v) is 11.6. The first-order valence-corrected chi connectivity index (χ1v) is 6.86. The highest BCUT2D eigenvalue weighted by Crippen LogP contribution is 2.24. The van der Waals surface area contributed by atoms with Crippen molar-refractivity contribution < 1.29 is 17.9 Å². The van der Waals surface area contributed by atoms with E-state index in [1.807, 2.05) is 20.8 Å². The van der Waals surface area contributed by atoms with E-state index in [9.17, 15) is 13.2 Å². The quantitative estimate of drug-likeness (QED) is 0.649. The lowest BCUT2D eigenvalue weighted by atomic mass is 10.0. The lowest BCUT2D eigenvalue weighted by molar-refractivity contribution is -0.138. The Bertz CT molecular complexity index is 191. The van der Waals surface area contributed by atoms with E-state index in [-0.39, 0.29) is 18.6 Å². The summed E-state index contributed by atoms with van der Waals surface area (Å²) in [5.74, 6) is 0. The molecule has 5 heteroatoms. The first kappa shape index (κ1) is 17.7. The summed E-state index contributed by atoms with van der Waals surface area (Å²) in [6.45, 7) is 7.18. The third-order valence-corrected chi connectivity index (χ3v) is 2.80. The molecule has 0 bridgehead atoms. The fraction of sp³-hybridized carbons (Fsp3) is 1.00. The van der Waals surface area contributed by atoms with Crippen LogP contribution in [0.1, 0.15) is 52.9 Å². The highest BCUT2D eigenvalue weighted by Gasteiger charge is 2.30. The monoisotopic (exact) mass is 269 g/mol. The molecular weight excluding hydrogens is 243 g/mol. The molecule has 0 aromatic carbocycles. The Hall–Kier alpha value is -0.290. The maximum atomic E-state index is 12.3. The van der Waals surface area contributed by atoms with Gasteiger partial charge in [-0.25, -0.2) is 0 Å². The van der Waals surface area contributed by atoms with E-state index in [1.54, 1.807) is 0 Å². The van der Waals surface area contributed by atoms with Crippen LogP contribution in [0.25, 0.3) is 0 Å². The molecule has 18 heavy (non-hydrogen) atoms. The molecule has 0 radical (unpaired) electrons. The number of halogens is 3. The molecule has 2 unspecified atom stereocenters. The van der Waals surface area contributed by atoms with Crippen molar-refractivity contribution in [3.63, 3.8) is 0 Å². The zero-order valence-electron chi connectivity index (χ0n) is 11.6. The van der Waals surface area contributed by atoms with E-state index >= 15 is 0 Å². The van der Waals surface area contributed by atoms with Gasteiger partial charge in [0, 0.05) is 19.1 Å².